The summed E-state index contributed by atoms with van der Waals surface area (Å²) >= 11 is 0. The molecule has 0 aromatic heterocycles. The van der Waals surface area contributed by atoms with E-state index in [-0.39, 0.29) is 17.1 Å². The van der Waals surface area contributed by atoms with E-state index in [1.807, 2.05) is 0 Å². The average molecular weight is 261 g/mol. The van der Waals surface area contributed by atoms with Crippen molar-refractivity contribution >= 4 is 9.84 Å². The average Bonchev–Trinajstić information content (AvgIpc) is 2.24. The highest BCUT2D eigenvalue weighted by Gasteiger charge is 2.18. The van der Waals surface area contributed by atoms with E-state index in [4.69, 9.17) is 10.8 Å². The number of hydrogen-bond donors (Lipinski definition) is 2. The molecule has 0 saturated carbocycles. The van der Waals surface area contributed by atoms with Gasteiger partial charge in [-0.1, -0.05) is 0 Å². The molecule has 0 fully saturated rings. The third-order valence-corrected chi connectivity index (χ3v) is 3.61. The molecule has 6 heteroatoms. The van der Waals surface area contributed by atoms with E-state index in [0.29, 0.717) is 12.8 Å². The predicted octanol–water partition coefficient (Wildman–Crippen LogP) is 1.00. The summed E-state index contributed by atoms with van der Waals surface area (Å²) in [5, 5.41) is 8.70. The molecular weight excluding hydrogens is 245 g/mol. The maximum Gasteiger partial charge on any atom is 0.175 e. The number of halogens is 1. The van der Waals surface area contributed by atoms with E-state index in [1.165, 1.54) is 6.07 Å². The van der Waals surface area contributed by atoms with Gasteiger partial charge >= 0.3 is 0 Å². The highest BCUT2D eigenvalue weighted by atomic mass is 32.2. The molecule has 0 radical (unpaired) electrons. The first-order valence-electron chi connectivity index (χ1n) is 5.22. The summed E-state index contributed by atoms with van der Waals surface area (Å²) in [6, 6.07) is 2.86. The molecule has 0 heterocycles. The van der Waals surface area contributed by atoms with Gasteiger partial charge in [0.1, 0.15) is 5.82 Å². The van der Waals surface area contributed by atoms with Gasteiger partial charge in [0, 0.05) is 18.9 Å². The largest absolute Gasteiger partial charge is 0.396 e. The van der Waals surface area contributed by atoms with Gasteiger partial charge in [-0.25, -0.2) is 12.8 Å². The van der Waals surface area contributed by atoms with Crippen LogP contribution < -0.4 is 5.73 Å². The number of aliphatic hydroxyl groups is 1. The predicted molar refractivity (Wildman–Crippen MR) is 62.8 cm³/mol. The summed E-state index contributed by atoms with van der Waals surface area (Å²) in [6.45, 7) is -0.0305. The van der Waals surface area contributed by atoms with Crippen LogP contribution >= 0.6 is 0 Å². The molecule has 1 rings (SSSR count). The number of benzene rings is 1. The minimum atomic E-state index is -3.43. The zero-order valence-corrected chi connectivity index (χ0v) is 10.4. The SMILES string of the molecule is CS(=O)(=O)c1ccc(F)cc1[C@@H](N)CCCO. The van der Waals surface area contributed by atoms with E-state index in [0.717, 1.165) is 18.4 Å². The van der Waals surface area contributed by atoms with Crippen molar-refractivity contribution in [3.05, 3.63) is 29.6 Å². The van der Waals surface area contributed by atoms with Crippen LogP contribution in [0.1, 0.15) is 24.4 Å². The fourth-order valence-corrected chi connectivity index (χ4v) is 2.57. The molecule has 0 saturated heterocycles. The number of sulfone groups is 1. The molecule has 0 aliphatic heterocycles. The lowest BCUT2D eigenvalue weighted by Crippen LogP contribution is -2.15. The Bertz CT molecular complexity index is 487. The van der Waals surface area contributed by atoms with Gasteiger partial charge in [-0.3, -0.25) is 0 Å². The fraction of sp³-hybridized carbons (Fsp3) is 0.455. The molecule has 0 aliphatic carbocycles. The molecule has 0 amide bonds. The molecule has 0 bridgehead atoms. The summed E-state index contributed by atoms with van der Waals surface area (Å²) in [4.78, 5) is 0.0457. The molecule has 0 aliphatic rings. The number of hydrogen-bond acceptors (Lipinski definition) is 4. The zero-order chi connectivity index (χ0) is 13.1. The van der Waals surface area contributed by atoms with Crippen LogP contribution in [0.5, 0.6) is 0 Å². The Morgan fingerprint density at radius 2 is 2.12 bits per heavy atom. The first-order valence-corrected chi connectivity index (χ1v) is 7.11. The minimum absolute atomic E-state index is 0.0305. The third-order valence-electron chi connectivity index (χ3n) is 2.44. The Morgan fingerprint density at radius 1 is 1.47 bits per heavy atom. The molecule has 3 N–H and O–H groups in total. The van der Waals surface area contributed by atoms with Crippen LogP contribution in [0, 0.1) is 5.82 Å². The number of rotatable bonds is 5. The molecule has 4 nitrogen and oxygen atoms in total. The summed E-state index contributed by atoms with van der Waals surface area (Å²) < 4.78 is 36.1. The van der Waals surface area contributed by atoms with Gasteiger partial charge in [-0.2, -0.15) is 0 Å². The smallest absolute Gasteiger partial charge is 0.175 e. The Morgan fingerprint density at radius 3 is 2.65 bits per heavy atom. The van der Waals surface area contributed by atoms with Crippen molar-refractivity contribution in [3.63, 3.8) is 0 Å². The summed E-state index contributed by atoms with van der Waals surface area (Å²) in [6.07, 6.45) is 1.91. The van der Waals surface area contributed by atoms with Gasteiger partial charge in [0.2, 0.25) is 0 Å². The van der Waals surface area contributed by atoms with Crippen molar-refractivity contribution in [1.29, 1.82) is 0 Å². The van der Waals surface area contributed by atoms with Crippen molar-refractivity contribution in [3.8, 4) is 0 Å². The van der Waals surface area contributed by atoms with E-state index in [9.17, 15) is 12.8 Å². The number of nitrogens with two attached hydrogens (primary N) is 1. The van der Waals surface area contributed by atoms with Crippen LogP contribution in [-0.4, -0.2) is 26.4 Å². The van der Waals surface area contributed by atoms with Gasteiger partial charge in [0.25, 0.3) is 0 Å². The molecule has 1 aromatic carbocycles. The molecule has 1 aromatic rings. The zero-order valence-electron chi connectivity index (χ0n) is 9.56. The van der Waals surface area contributed by atoms with Gasteiger partial charge in [0.05, 0.1) is 4.90 Å². The van der Waals surface area contributed by atoms with E-state index < -0.39 is 21.7 Å². The van der Waals surface area contributed by atoms with Crippen LogP contribution in [0.4, 0.5) is 4.39 Å². The van der Waals surface area contributed by atoms with Crippen LogP contribution in [-0.2, 0) is 9.84 Å². The molecule has 0 spiro atoms. The van der Waals surface area contributed by atoms with Gasteiger partial charge < -0.3 is 10.8 Å². The molecule has 0 unspecified atom stereocenters. The minimum Gasteiger partial charge on any atom is -0.396 e. The second kappa shape index (κ2) is 5.57. The van der Waals surface area contributed by atoms with E-state index in [1.54, 1.807) is 0 Å². The van der Waals surface area contributed by atoms with Crippen molar-refractivity contribution in [2.45, 2.75) is 23.8 Å². The van der Waals surface area contributed by atoms with Crippen LogP contribution in [0.25, 0.3) is 0 Å². The second-order valence-corrected chi connectivity index (χ2v) is 5.91. The third kappa shape index (κ3) is 3.76. The van der Waals surface area contributed by atoms with Gasteiger partial charge in [0.15, 0.2) is 9.84 Å². The van der Waals surface area contributed by atoms with Crippen molar-refractivity contribution in [1.82, 2.24) is 0 Å². The highest BCUT2D eigenvalue weighted by Crippen LogP contribution is 2.25. The Kier molecular flexibility index (Phi) is 4.62. The van der Waals surface area contributed by atoms with Crippen LogP contribution in [0.15, 0.2) is 23.1 Å². The Hall–Kier alpha value is -0.980. The monoisotopic (exact) mass is 261 g/mol. The first kappa shape index (κ1) is 14.1. The summed E-state index contributed by atoms with van der Waals surface area (Å²) in [7, 11) is -3.43. The van der Waals surface area contributed by atoms with E-state index >= 15 is 0 Å². The number of aliphatic hydroxyl groups excluding tert-OH is 1. The molecule has 17 heavy (non-hydrogen) atoms. The van der Waals surface area contributed by atoms with Crippen LogP contribution in [0.3, 0.4) is 0 Å². The molecular formula is C11H16FNO3S. The van der Waals surface area contributed by atoms with Crippen molar-refractivity contribution in [2.75, 3.05) is 12.9 Å². The van der Waals surface area contributed by atoms with Gasteiger partial charge in [-0.05, 0) is 36.6 Å². The lowest BCUT2D eigenvalue weighted by molar-refractivity contribution is 0.279. The maximum atomic E-state index is 13.1. The Labute approximate surface area is 100 Å². The lowest BCUT2D eigenvalue weighted by atomic mass is 10.0. The normalized spacial score (nSPS) is 13.6. The van der Waals surface area contributed by atoms with E-state index in [2.05, 4.69) is 0 Å². The van der Waals surface area contributed by atoms with Crippen LogP contribution in [0.2, 0.25) is 0 Å². The molecule has 96 valence electrons. The summed E-state index contributed by atoms with van der Waals surface area (Å²) in [5.41, 5.74) is 6.07. The first-order chi connectivity index (χ1) is 7.86. The van der Waals surface area contributed by atoms with Crippen molar-refractivity contribution < 1.29 is 17.9 Å². The quantitative estimate of drug-likeness (QED) is 0.775. The second-order valence-electron chi connectivity index (χ2n) is 3.93. The topological polar surface area (TPSA) is 80.4 Å². The Balaban J connectivity index is 3.16. The maximum absolute atomic E-state index is 13.1. The fourth-order valence-electron chi connectivity index (χ4n) is 1.61. The lowest BCUT2D eigenvalue weighted by Gasteiger charge is -2.15. The highest BCUT2D eigenvalue weighted by molar-refractivity contribution is 7.90. The summed E-state index contributed by atoms with van der Waals surface area (Å²) in [5.74, 6) is -0.521. The standard InChI is InChI=1S/C11H16FNO3S/c1-17(15,16)11-5-4-8(12)7-9(11)10(13)3-2-6-14/h4-5,7,10,14H,2-3,6,13H2,1H3/t10-/m0/s1. The molecule has 1 atom stereocenters. The van der Waals surface area contributed by atoms with Crippen molar-refractivity contribution in [2.24, 2.45) is 5.73 Å². The van der Waals surface area contributed by atoms with Gasteiger partial charge in [-0.15, -0.1) is 0 Å².